The molecule has 0 saturated carbocycles. The number of nitrogens with zero attached hydrogens (tertiary/aromatic N) is 2. The Morgan fingerprint density at radius 2 is 1.81 bits per heavy atom. The van der Waals surface area contributed by atoms with E-state index in [0.717, 1.165) is 66.3 Å². The lowest BCUT2D eigenvalue weighted by atomic mass is 9.76. The largest absolute Gasteiger partial charge is 0.501 e. The van der Waals surface area contributed by atoms with Crippen LogP contribution in [-0.2, 0) is 19.8 Å². The number of hydrogen-bond donors (Lipinski definition) is 3. The van der Waals surface area contributed by atoms with Crippen molar-refractivity contribution in [2.45, 2.75) is 62.6 Å². The van der Waals surface area contributed by atoms with Crippen molar-refractivity contribution >= 4 is 11.7 Å². The van der Waals surface area contributed by atoms with Crippen LogP contribution < -0.4 is 10.1 Å². The molecule has 230 valence electrons. The number of aliphatic imine (C=N–C) groups is 1. The van der Waals surface area contributed by atoms with Crippen molar-refractivity contribution in [2.24, 2.45) is 4.99 Å². The second kappa shape index (κ2) is 14.3. The Morgan fingerprint density at radius 3 is 2.47 bits per heavy atom. The van der Waals surface area contributed by atoms with E-state index in [1.807, 2.05) is 55.6 Å². The number of ether oxygens (including phenoxy) is 4. The highest BCUT2D eigenvalue weighted by molar-refractivity contribution is 5.96. The summed E-state index contributed by atoms with van der Waals surface area (Å²) in [7, 11) is 5.38. The molecule has 1 aliphatic carbocycles. The van der Waals surface area contributed by atoms with Crippen molar-refractivity contribution in [3.8, 4) is 5.75 Å². The standard InChI is InChI=1S/C34H44N4O5/c1-38-21-7-10-32(38)37-31(35)19-20-36-33-22-29(39)30(43-33)23-42-34(24-8-5-4-6-9-24,25-11-15-27(40-2)16-12-25)26-13-17-28(41-3)18-14-26/h4-6,8-9,11-13,15-17,29-30,33,35-36,39H,7,10,14,18-23H2,1-3H3. The predicted molar refractivity (Wildman–Crippen MR) is 168 cm³/mol. The molecular weight excluding hydrogens is 544 g/mol. The summed E-state index contributed by atoms with van der Waals surface area (Å²) in [6.07, 6.45) is 7.05. The van der Waals surface area contributed by atoms with Gasteiger partial charge < -0.3 is 29.0 Å². The third kappa shape index (κ3) is 7.18. The number of benzene rings is 2. The SMILES string of the molecule is COC1=CC=C(C(OCC2OC(NCCC(=N)N=C3CCCN3C)CC2O)(c2ccccc2)c2ccc(OC)cc2)CC1. The Balaban J connectivity index is 1.32. The number of nitrogens with one attached hydrogen (secondary N) is 2. The van der Waals surface area contributed by atoms with Gasteiger partial charge in [-0.15, -0.1) is 0 Å². The normalized spacial score (nSPS) is 24.4. The fourth-order valence-corrected chi connectivity index (χ4v) is 6.09. The second-order valence-corrected chi connectivity index (χ2v) is 11.3. The minimum Gasteiger partial charge on any atom is -0.501 e. The zero-order valence-corrected chi connectivity index (χ0v) is 25.4. The number of rotatable bonds is 12. The molecule has 2 aliphatic heterocycles. The lowest BCUT2D eigenvalue weighted by Crippen LogP contribution is -2.39. The molecule has 2 aromatic rings. The lowest BCUT2D eigenvalue weighted by Gasteiger charge is -2.39. The van der Waals surface area contributed by atoms with Crippen LogP contribution in [0.15, 0.2) is 83.1 Å². The zero-order valence-electron chi connectivity index (χ0n) is 25.4. The Labute approximate surface area is 254 Å². The van der Waals surface area contributed by atoms with E-state index in [-0.39, 0.29) is 12.8 Å². The Kier molecular flexibility index (Phi) is 10.3. The molecule has 0 bridgehead atoms. The summed E-state index contributed by atoms with van der Waals surface area (Å²) in [6, 6.07) is 18.2. The van der Waals surface area contributed by atoms with Crippen LogP contribution in [0.5, 0.6) is 5.75 Å². The summed E-state index contributed by atoms with van der Waals surface area (Å²) in [4.78, 5) is 6.59. The molecular formula is C34H44N4O5. The summed E-state index contributed by atoms with van der Waals surface area (Å²) in [5.74, 6) is 3.03. The summed E-state index contributed by atoms with van der Waals surface area (Å²) in [6.45, 7) is 1.73. The summed E-state index contributed by atoms with van der Waals surface area (Å²) in [5, 5.41) is 22.6. The first-order valence-electron chi connectivity index (χ1n) is 15.1. The maximum atomic E-state index is 11.0. The summed E-state index contributed by atoms with van der Waals surface area (Å²) >= 11 is 0. The van der Waals surface area contributed by atoms with Gasteiger partial charge in [0.2, 0.25) is 0 Å². The van der Waals surface area contributed by atoms with E-state index in [9.17, 15) is 5.11 Å². The van der Waals surface area contributed by atoms with Gasteiger partial charge in [-0.25, -0.2) is 4.99 Å². The summed E-state index contributed by atoms with van der Waals surface area (Å²) < 4.78 is 24.2. The van der Waals surface area contributed by atoms with Crippen LogP contribution in [0.3, 0.4) is 0 Å². The first-order chi connectivity index (χ1) is 20.9. The highest BCUT2D eigenvalue weighted by Crippen LogP contribution is 2.45. The van der Waals surface area contributed by atoms with E-state index in [1.54, 1.807) is 14.2 Å². The molecule has 43 heavy (non-hydrogen) atoms. The first-order valence-corrected chi connectivity index (χ1v) is 15.1. The van der Waals surface area contributed by atoms with Crippen LogP contribution in [0.25, 0.3) is 0 Å². The van der Waals surface area contributed by atoms with Crippen molar-refractivity contribution in [1.29, 1.82) is 5.41 Å². The van der Waals surface area contributed by atoms with Crippen LogP contribution in [0, 0.1) is 5.41 Å². The van der Waals surface area contributed by atoms with Gasteiger partial charge in [-0.05, 0) is 47.8 Å². The van der Waals surface area contributed by atoms with Crippen molar-refractivity contribution < 1.29 is 24.1 Å². The molecule has 4 atom stereocenters. The second-order valence-electron chi connectivity index (χ2n) is 11.3. The van der Waals surface area contributed by atoms with Crippen LogP contribution in [0.4, 0.5) is 0 Å². The average Bonchev–Trinajstić information content (AvgIpc) is 3.61. The van der Waals surface area contributed by atoms with Crippen LogP contribution in [0.1, 0.15) is 49.7 Å². The van der Waals surface area contributed by atoms with Crippen molar-refractivity contribution in [2.75, 3.05) is 41.0 Å². The molecule has 0 radical (unpaired) electrons. The van der Waals surface area contributed by atoms with Gasteiger partial charge in [0.1, 0.15) is 35.4 Å². The fraction of sp³-hybridized carbons (Fsp3) is 0.471. The Bertz CT molecular complexity index is 1330. The maximum absolute atomic E-state index is 11.0. The van der Waals surface area contributed by atoms with Gasteiger partial charge in [-0.1, -0.05) is 48.5 Å². The highest BCUT2D eigenvalue weighted by atomic mass is 16.6. The molecule has 2 aromatic carbocycles. The number of allylic oxidation sites excluding steroid dienone is 3. The minimum absolute atomic E-state index is 0.189. The molecule has 2 heterocycles. The topological polar surface area (TPSA) is 109 Å². The predicted octanol–water partition coefficient (Wildman–Crippen LogP) is 4.76. The van der Waals surface area contributed by atoms with E-state index in [4.69, 9.17) is 24.4 Å². The van der Waals surface area contributed by atoms with Crippen LogP contribution >= 0.6 is 0 Å². The molecule has 5 rings (SSSR count). The molecule has 0 spiro atoms. The van der Waals surface area contributed by atoms with Gasteiger partial charge in [0.25, 0.3) is 0 Å². The van der Waals surface area contributed by atoms with Crippen LogP contribution in [0.2, 0.25) is 0 Å². The average molecular weight is 589 g/mol. The molecule has 0 amide bonds. The number of likely N-dealkylation sites (tertiary alicyclic amines) is 1. The van der Waals surface area contributed by atoms with Crippen molar-refractivity contribution in [3.63, 3.8) is 0 Å². The maximum Gasteiger partial charge on any atom is 0.140 e. The van der Waals surface area contributed by atoms with E-state index >= 15 is 0 Å². The van der Waals surface area contributed by atoms with E-state index < -0.39 is 17.8 Å². The molecule has 2 fully saturated rings. The number of amidine groups is 2. The molecule has 9 heteroatoms. The van der Waals surface area contributed by atoms with E-state index in [1.165, 1.54) is 0 Å². The minimum atomic E-state index is -0.903. The monoisotopic (exact) mass is 588 g/mol. The molecule has 2 saturated heterocycles. The molecule has 0 aromatic heterocycles. The van der Waals surface area contributed by atoms with Crippen molar-refractivity contribution in [1.82, 2.24) is 10.2 Å². The quantitative estimate of drug-likeness (QED) is 0.242. The van der Waals surface area contributed by atoms with E-state index in [0.29, 0.717) is 25.2 Å². The van der Waals surface area contributed by atoms with Gasteiger partial charge in [0.05, 0.1) is 32.7 Å². The zero-order chi connectivity index (χ0) is 30.2. The highest BCUT2D eigenvalue weighted by Gasteiger charge is 2.43. The van der Waals surface area contributed by atoms with E-state index in [2.05, 4.69) is 33.4 Å². The smallest absolute Gasteiger partial charge is 0.140 e. The van der Waals surface area contributed by atoms with Gasteiger partial charge in [-0.3, -0.25) is 10.7 Å². The fourth-order valence-electron chi connectivity index (χ4n) is 6.09. The Hall–Kier alpha value is -3.50. The molecule has 3 aliphatic rings. The Morgan fingerprint density at radius 1 is 1.05 bits per heavy atom. The molecule has 4 unspecified atom stereocenters. The third-order valence-corrected chi connectivity index (χ3v) is 8.52. The van der Waals surface area contributed by atoms with Gasteiger partial charge in [-0.2, -0.15) is 0 Å². The lowest BCUT2D eigenvalue weighted by molar-refractivity contribution is -0.0882. The third-order valence-electron chi connectivity index (χ3n) is 8.52. The number of aliphatic hydroxyl groups excluding tert-OH is 1. The molecule has 3 N–H and O–H groups in total. The van der Waals surface area contributed by atoms with Gasteiger partial charge in [0.15, 0.2) is 0 Å². The number of aliphatic hydroxyl groups is 1. The number of hydrogen-bond acceptors (Lipinski definition) is 7. The van der Waals surface area contributed by atoms with Crippen LogP contribution in [-0.4, -0.2) is 81.1 Å². The first kappa shape index (κ1) is 30.9. The van der Waals surface area contributed by atoms with Gasteiger partial charge >= 0.3 is 0 Å². The van der Waals surface area contributed by atoms with Gasteiger partial charge in [0, 0.05) is 45.8 Å². The number of methoxy groups -OCH3 is 2. The van der Waals surface area contributed by atoms with Crippen molar-refractivity contribution in [3.05, 3.63) is 89.2 Å². The molecule has 9 nitrogen and oxygen atoms in total. The summed E-state index contributed by atoms with van der Waals surface area (Å²) in [5.41, 5.74) is 2.16.